The molecule has 0 aliphatic rings. The average molecular weight is 329 g/mol. The van der Waals surface area contributed by atoms with Crippen LogP contribution in [0.4, 0.5) is 10.5 Å². The number of amides is 2. The van der Waals surface area contributed by atoms with Crippen LogP contribution >= 0.6 is 15.9 Å². The second kappa shape index (κ2) is 7.13. The van der Waals surface area contributed by atoms with Gasteiger partial charge >= 0.3 is 12.0 Å². The number of aliphatic carboxylic acids is 1. The Morgan fingerprint density at radius 3 is 2.63 bits per heavy atom. The number of halogens is 1. The van der Waals surface area contributed by atoms with E-state index in [1.54, 1.807) is 0 Å². The number of nitrogens with one attached hydrogen (secondary N) is 1. The molecule has 5 nitrogen and oxygen atoms in total. The summed E-state index contributed by atoms with van der Waals surface area (Å²) < 4.78 is 0.801. The van der Waals surface area contributed by atoms with E-state index in [-0.39, 0.29) is 19.0 Å². The lowest BCUT2D eigenvalue weighted by Crippen LogP contribution is -2.36. The molecule has 0 spiro atoms. The number of carbonyl (C=O) groups is 2. The number of hydrogen-bond acceptors (Lipinski definition) is 2. The number of carboxylic acid groups (broad SMARTS) is 1. The number of anilines is 1. The molecule has 0 radical (unpaired) electrons. The number of hydrogen-bond donors (Lipinski definition) is 2. The Labute approximate surface area is 120 Å². The molecule has 0 saturated heterocycles. The Kier molecular flexibility index (Phi) is 5.82. The van der Waals surface area contributed by atoms with Crippen LogP contribution in [0, 0.1) is 6.92 Å². The molecular weight excluding hydrogens is 312 g/mol. The Hall–Kier alpha value is -1.56. The lowest BCUT2D eigenvalue weighted by Gasteiger charge is -2.21. The van der Waals surface area contributed by atoms with E-state index in [9.17, 15) is 9.59 Å². The van der Waals surface area contributed by atoms with E-state index in [1.165, 1.54) is 4.90 Å². The zero-order valence-electron chi connectivity index (χ0n) is 10.9. The van der Waals surface area contributed by atoms with Gasteiger partial charge in [-0.05, 0) is 47.5 Å². The summed E-state index contributed by atoms with van der Waals surface area (Å²) in [5.41, 5.74) is 1.76. The number of carboxylic acids is 1. The molecule has 19 heavy (non-hydrogen) atoms. The topological polar surface area (TPSA) is 69.6 Å². The maximum Gasteiger partial charge on any atom is 0.321 e. The van der Waals surface area contributed by atoms with Crippen LogP contribution in [0.15, 0.2) is 22.7 Å². The van der Waals surface area contributed by atoms with Gasteiger partial charge in [0.05, 0.1) is 12.1 Å². The van der Waals surface area contributed by atoms with Crippen molar-refractivity contribution in [2.45, 2.75) is 20.3 Å². The van der Waals surface area contributed by atoms with Crippen molar-refractivity contribution >= 4 is 33.6 Å². The van der Waals surface area contributed by atoms with Gasteiger partial charge in [-0.15, -0.1) is 0 Å². The van der Waals surface area contributed by atoms with Gasteiger partial charge in [0.15, 0.2) is 0 Å². The van der Waals surface area contributed by atoms with E-state index < -0.39 is 5.97 Å². The predicted molar refractivity (Wildman–Crippen MR) is 77.4 cm³/mol. The number of carbonyl (C=O) groups excluding carboxylic acids is 1. The lowest BCUT2D eigenvalue weighted by molar-refractivity contribution is -0.137. The smallest absolute Gasteiger partial charge is 0.321 e. The molecule has 1 rings (SSSR count). The van der Waals surface area contributed by atoms with Gasteiger partial charge in [-0.1, -0.05) is 6.07 Å². The van der Waals surface area contributed by atoms with E-state index in [0.29, 0.717) is 12.2 Å². The van der Waals surface area contributed by atoms with Gasteiger partial charge in [-0.25, -0.2) is 4.79 Å². The summed E-state index contributed by atoms with van der Waals surface area (Å²) in [7, 11) is 0. The van der Waals surface area contributed by atoms with Crippen molar-refractivity contribution in [3.8, 4) is 0 Å². The fraction of sp³-hybridized carbons (Fsp3) is 0.385. The van der Waals surface area contributed by atoms with Gasteiger partial charge < -0.3 is 15.3 Å². The summed E-state index contributed by atoms with van der Waals surface area (Å²) in [6.45, 7) is 4.43. The molecule has 1 aromatic rings. The maximum atomic E-state index is 12.0. The quantitative estimate of drug-likeness (QED) is 0.872. The highest BCUT2D eigenvalue weighted by Crippen LogP contribution is 2.23. The molecule has 0 heterocycles. The molecule has 6 heteroatoms. The van der Waals surface area contributed by atoms with Crippen LogP contribution in [0.5, 0.6) is 0 Å². The summed E-state index contributed by atoms with van der Waals surface area (Å²) in [6.07, 6.45) is -0.0592. The monoisotopic (exact) mass is 328 g/mol. The Balaban J connectivity index is 2.68. The summed E-state index contributed by atoms with van der Waals surface area (Å²) in [4.78, 5) is 24.0. The molecule has 0 aliphatic heterocycles. The molecular formula is C13H17BrN2O3. The van der Waals surface area contributed by atoms with Gasteiger partial charge in [0.2, 0.25) is 0 Å². The third kappa shape index (κ3) is 4.90. The van der Waals surface area contributed by atoms with Crippen molar-refractivity contribution in [2.24, 2.45) is 0 Å². The fourth-order valence-corrected chi connectivity index (χ4v) is 2.14. The molecule has 0 aromatic heterocycles. The van der Waals surface area contributed by atoms with Crippen LogP contribution in [0.2, 0.25) is 0 Å². The van der Waals surface area contributed by atoms with Gasteiger partial charge in [0.1, 0.15) is 0 Å². The van der Waals surface area contributed by atoms with Crippen molar-refractivity contribution in [1.29, 1.82) is 0 Å². The average Bonchev–Trinajstić information content (AvgIpc) is 2.33. The minimum Gasteiger partial charge on any atom is -0.481 e. The predicted octanol–water partition coefficient (Wildman–Crippen LogP) is 3.09. The standard InChI is InChI=1S/C13H17BrN2O3/c1-3-16(7-6-12(17)18)13(19)15-11-5-4-9(2)8-10(11)14/h4-5,8H,3,6-7H2,1-2H3,(H,15,19)(H,17,18). The summed E-state index contributed by atoms with van der Waals surface area (Å²) in [5, 5.41) is 11.4. The Morgan fingerprint density at radius 1 is 1.42 bits per heavy atom. The molecule has 0 fully saturated rings. The highest BCUT2D eigenvalue weighted by Gasteiger charge is 2.14. The van der Waals surface area contributed by atoms with Crippen molar-refractivity contribution in [3.63, 3.8) is 0 Å². The second-order valence-electron chi connectivity index (χ2n) is 4.14. The highest BCUT2D eigenvalue weighted by atomic mass is 79.9. The number of benzene rings is 1. The van der Waals surface area contributed by atoms with Crippen LogP contribution in [-0.4, -0.2) is 35.1 Å². The first kappa shape index (κ1) is 15.5. The Morgan fingerprint density at radius 2 is 2.11 bits per heavy atom. The van der Waals surface area contributed by atoms with Gasteiger partial charge in [0.25, 0.3) is 0 Å². The van der Waals surface area contributed by atoms with Crippen molar-refractivity contribution in [3.05, 3.63) is 28.2 Å². The second-order valence-corrected chi connectivity index (χ2v) is 4.99. The minimum absolute atomic E-state index is 0.0592. The molecule has 2 amide bonds. The van der Waals surface area contributed by atoms with E-state index >= 15 is 0 Å². The molecule has 0 saturated carbocycles. The third-order valence-corrected chi connectivity index (χ3v) is 3.29. The fourth-order valence-electron chi connectivity index (χ4n) is 1.55. The number of aryl methyl sites for hydroxylation is 1. The summed E-state index contributed by atoms with van der Waals surface area (Å²) in [5.74, 6) is -0.914. The lowest BCUT2D eigenvalue weighted by atomic mass is 10.2. The van der Waals surface area contributed by atoms with E-state index in [4.69, 9.17) is 5.11 Å². The molecule has 0 atom stereocenters. The normalized spacial score (nSPS) is 10.1. The molecule has 0 aliphatic carbocycles. The van der Waals surface area contributed by atoms with E-state index in [1.807, 2.05) is 32.0 Å². The SMILES string of the molecule is CCN(CCC(=O)O)C(=O)Nc1ccc(C)cc1Br. The van der Waals surface area contributed by atoms with Crippen LogP contribution < -0.4 is 5.32 Å². The van der Waals surface area contributed by atoms with Gasteiger partial charge in [0, 0.05) is 17.6 Å². The highest BCUT2D eigenvalue weighted by molar-refractivity contribution is 9.10. The maximum absolute atomic E-state index is 12.0. The van der Waals surface area contributed by atoms with E-state index in [2.05, 4.69) is 21.2 Å². The minimum atomic E-state index is -0.914. The van der Waals surface area contributed by atoms with Crippen LogP contribution in [-0.2, 0) is 4.79 Å². The van der Waals surface area contributed by atoms with E-state index in [0.717, 1.165) is 10.0 Å². The van der Waals surface area contributed by atoms with Crippen molar-refractivity contribution in [1.82, 2.24) is 4.90 Å². The third-order valence-electron chi connectivity index (χ3n) is 2.63. The molecule has 2 N–H and O–H groups in total. The zero-order valence-corrected chi connectivity index (χ0v) is 12.5. The van der Waals surface area contributed by atoms with Crippen molar-refractivity contribution in [2.75, 3.05) is 18.4 Å². The van der Waals surface area contributed by atoms with Crippen molar-refractivity contribution < 1.29 is 14.7 Å². The first-order chi connectivity index (χ1) is 8.93. The molecule has 0 unspecified atom stereocenters. The molecule has 0 bridgehead atoms. The van der Waals surface area contributed by atoms with Crippen LogP contribution in [0.3, 0.4) is 0 Å². The number of urea groups is 1. The van der Waals surface area contributed by atoms with Gasteiger partial charge in [-0.3, -0.25) is 4.79 Å². The molecule has 104 valence electrons. The number of rotatable bonds is 5. The summed E-state index contributed by atoms with van der Waals surface area (Å²) in [6, 6.07) is 5.31. The van der Waals surface area contributed by atoms with Crippen LogP contribution in [0.1, 0.15) is 18.9 Å². The first-order valence-corrected chi connectivity index (χ1v) is 6.77. The summed E-state index contributed by atoms with van der Waals surface area (Å²) >= 11 is 3.38. The van der Waals surface area contributed by atoms with Crippen LogP contribution in [0.25, 0.3) is 0 Å². The van der Waals surface area contributed by atoms with Gasteiger partial charge in [-0.2, -0.15) is 0 Å². The largest absolute Gasteiger partial charge is 0.481 e. The first-order valence-electron chi connectivity index (χ1n) is 5.98. The Bertz CT molecular complexity index is 477. The molecule has 1 aromatic carbocycles. The zero-order chi connectivity index (χ0) is 14.4. The number of nitrogens with zero attached hydrogens (tertiary/aromatic N) is 1.